The lowest BCUT2D eigenvalue weighted by Gasteiger charge is -1.99. The summed E-state index contributed by atoms with van der Waals surface area (Å²) in [5.74, 6) is -0.0143. The van der Waals surface area contributed by atoms with Gasteiger partial charge in [-0.25, -0.2) is 9.37 Å². The van der Waals surface area contributed by atoms with Gasteiger partial charge in [0, 0.05) is 5.56 Å². The van der Waals surface area contributed by atoms with Crippen molar-refractivity contribution >= 4 is 32.6 Å². The first-order valence-electron chi connectivity index (χ1n) is 7.22. The van der Waals surface area contributed by atoms with Crippen molar-refractivity contribution in [1.82, 2.24) is 4.98 Å². The molecule has 4 rings (SSSR count). The summed E-state index contributed by atoms with van der Waals surface area (Å²) in [5, 5.41) is 3.25. The van der Waals surface area contributed by atoms with Crippen molar-refractivity contribution in [2.24, 2.45) is 0 Å². The number of aromatic nitrogens is 1. The van der Waals surface area contributed by atoms with Crippen molar-refractivity contribution in [1.29, 1.82) is 0 Å². The third kappa shape index (κ3) is 2.79. The molecule has 0 saturated heterocycles. The number of anilines is 1. The highest BCUT2D eigenvalue weighted by atomic mass is 32.1. The van der Waals surface area contributed by atoms with Crippen molar-refractivity contribution in [2.45, 2.75) is 0 Å². The van der Waals surface area contributed by atoms with Crippen LogP contribution in [0.2, 0.25) is 0 Å². The molecule has 2 aromatic heterocycles. The van der Waals surface area contributed by atoms with Crippen LogP contribution in [0.1, 0.15) is 10.6 Å². The molecule has 0 radical (unpaired) electrons. The largest absolute Gasteiger partial charge is 0.451 e. The Morgan fingerprint density at radius 1 is 1.04 bits per heavy atom. The highest BCUT2D eigenvalue weighted by Gasteiger charge is 2.14. The molecule has 4 nitrogen and oxygen atoms in total. The summed E-state index contributed by atoms with van der Waals surface area (Å²) >= 11 is 1.40. The molecule has 6 heteroatoms. The van der Waals surface area contributed by atoms with E-state index in [9.17, 15) is 9.18 Å². The molecule has 0 fully saturated rings. The van der Waals surface area contributed by atoms with Crippen molar-refractivity contribution in [2.75, 3.05) is 5.32 Å². The van der Waals surface area contributed by atoms with Crippen LogP contribution in [-0.2, 0) is 0 Å². The number of rotatable bonds is 3. The van der Waals surface area contributed by atoms with E-state index in [1.165, 1.54) is 23.5 Å². The molecule has 0 bridgehead atoms. The van der Waals surface area contributed by atoms with E-state index >= 15 is 0 Å². The van der Waals surface area contributed by atoms with Gasteiger partial charge in [0.15, 0.2) is 10.9 Å². The third-order valence-corrected chi connectivity index (χ3v) is 4.42. The number of nitrogens with zero attached hydrogens (tertiary/aromatic N) is 1. The summed E-state index contributed by atoms with van der Waals surface area (Å²) in [6, 6.07) is 16.8. The van der Waals surface area contributed by atoms with Gasteiger partial charge < -0.3 is 4.42 Å². The Morgan fingerprint density at radius 2 is 1.83 bits per heavy atom. The highest BCUT2D eigenvalue weighted by molar-refractivity contribution is 7.22. The summed E-state index contributed by atoms with van der Waals surface area (Å²) in [7, 11) is 0. The number of carbonyl (C=O) groups is 1. The van der Waals surface area contributed by atoms with Crippen LogP contribution in [0.25, 0.3) is 21.5 Å². The zero-order valence-corrected chi connectivity index (χ0v) is 13.1. The van der Waals surface area contributed by atoms with Crippen molar-refractivity contribution < 1.29 is 13.6 Å². The molecule has 1 N–H and O–H groups in total. The zero-order valence-electron chi connectivity index (χ0n) is 12.3. The van der Waals surface area contributed by atoms with Crippen LogP contribution in [0.3, 0.4) is 0 Å². The average Bonchev–Trinajstić information content (AvgIpc) is 3.21. The third-order valence-electron chi connectivity index (χ3n) is 3.47. The molecule has 0 spiro atoms. The maximum absolute atomic E-state index is 13.0. The van der Waals surface area contributed by atoms with E-state index in [2.05, 4.69) is 10.3 Å². The van der Waals surface area contributed by atoms with Crippen molar-refractivity contribution in [3.05, 3.63) is 72.2 Å². The average molecular weight is 338 g/mol. The van der Waals surface area contributed by atoms with Gasteiger partial charge in [0.05, 0.1) is 10.2 Å². The smallest absolute Gasteiger partial charge is 0.293 e. The summed E-state index contributed by atoms with van der Waals surface area (Å²) < 4.78 is 19.5. The quantitative estimate of drug-likeness (QED) is 0.575. The Balaban J connectivity index is 1.55. The Hall–Kier alpha value is -2.99. The first-order chi connectivity index (χ1) is 11.7. The monoisotopic (exact) mass is 338 g/mol. The topological polar surface area (TPSA) is 55.1 Å². The van der Waals surface area contributed by atoms with Crippen LogP contribution in [0.15, 0.2) is 65.1 Å². The van der Waals surface area contributed by atoms with Gasteiger partial charge in [-0.05, 0) is 48.5 Å². The van der Waals surface area contributed by atoms with E-state index < -0.39 is 0 Å². The van der Waals surface area contributed by atoms with Gasteiger partial charge in [0.25, 0.3) is 5.91 Å². The molecule has 0 saturated carbocycles. The predicted molar refractivity (Wildman–Crippen MR) is 91.7 cm³/mol. The number of hydrogen-bond acceptors (Lipinski definition) is 4. The standard InChI is InChI=1S/C18H11FN2O2S/c19-12-7-5-11(6-8-12)14-9-10-15(23-14)17(22)21-18-20-13-3-1-2-4-16(13)24-18/h1-10H,(H,20,21,22). The SMILES string of the molecule is O=C(Nc1nc2ccccc2s1)c1ccc(-c2ccc(F)cc2)o1. The van der Waals surface area contributed by atoms with Crippen LogP contribution in [-0.4, -0.2) is 10.9 Å². The normalized spacial score (nSPS) is 10.9. The number of carbonyl (C=O) groups excluding carboxylic acids is 1. The van der Waals surface area contributed by atoms with Gasteiger partial charge in [0.1, 0.15) is 11.6 Å². The maximum atomic E-state index is 13.0. The zero-order chi connectivity index (χ0) is 16.5. The first kappa shape index (κ1) is 14.6. The minimum absolute atomic E-state index is 0.175. The second kappa shape index (κ2) is 5.90. The molecule has 2 aromatic carbocycles. The number of amides is 1. The van der Waals surface area contributed by atoms with Gasteiger partial charge in [0.2, 0.25) is 0 Å². The molecular weight excluding hydrogens is 327 g/mol. The molecule has 2 heterocycles. The predicted octanol–water partition coefficient (Wildman–Crippen LogP) is 4.95. The Bertz CT molecular complexity index is 988. The molecule has 0 unspecified atom stereocenters. The number of hydrogen-bond donors (Lipinski definition) is 1. The number of nitrogens with one attached hydrogen (secondary N) is 1. The van der Waals surface area contributed by atoms with E-state index in [4.69, 9.17) is 4.42 Å². The number of thiazole rings is 1. The van der Waals surface area contributed by atoms with Gasteiger partial charge in [-0.2, -0.15) is 0 Å². The molecule has 0 atom stereocenters. The second-order valence-electron chi connectivity index (χ2n) is 5.11. The number of furan rings is 1. The van der Waals surface area contributed by atoms with E-state index in [0.29, 0.717) is 16.5 Å². The number of fused-ring (bicyclic) bond motifs is 1. The molecule has 118 valence electrons. The lowest BCUT2D eigenvalue weighted by Crippen LogP contribution is -2.10. The Kier molecular flexibility index (Phi) is 3.59. The van der Waals surface area contributed by atoms with Gasteiger partial charge in [-0.1, -0.05) is 23.5 Å². The van der Waals surface area contributed by atoms with Crippen LogP contribution in [0.5, 0.6) is 0 Å². The highest BCUT2D eigenvalue weighted by Crippen LogP contribution is 2.27. The Morgan fingerprint density at radius 3 is 2.62 bits per heavy atom. The Labute approximate surface area is 140 Å². The molecule has 1 amide bonds. The minimum atomic E-state index is -0.373. The molecule has 0 aliphatic carbocycles. The van der Waals surface area contributed by atoms with Crippen LogP contribution in [0.4, 0.5) is 9.52 Å². The summed E-state index contributed by atoms with van der Waals surface area (Å²) in [4.78, 5) is 16.6. The summed E-state index contributed by atoms with van der Waals surface area (Å²) in [5.41, 5.74) is 1.54. The lowest BCUT2D eigenvalue weighted by atomic mass is 10.2. The van der Waals surface area contributed by atoms with Gasteiger partial charge in [-0.3, -0.25) is 10.1 Å². The van der Waals surface area contributed by atoms with E-state index in [0.717, 1.165) is 10.2 Å². The number of benzene rings is 2. The van der Waals surface area contributed by atoms with Crippen molar-refractivity contribution in [3.63, 3.8) is 0 Å². The molecule has 0 aliphatic heterocycles. The lowest BCUT2D eigenvalue weighted by molar-refractivity contribution is 0.0997. The number of para-hydroxylation sites is 1. The number of halogens is 1. The van der Waals surface area contributed by atoms with Crippen LogP contribution < -0.4 is 5.32 Å². The van der Waals surface area contributed by atoms with Crippen molar-refractivity contribution in [3.8, 4) is 11.3 Å². The van der Waals surface area contributed by atoms with Gasteiger partial charge in [-0.15, -0.1) is 0 Å². The second-order valence-corrected chi connectivity index (χ2v) is 6.14. The molecule has 0 aliphatic rings. The summed E-state index contributed by atoms with van der Waals surface area (Å²) in [6.45, 7) is 0. The van der Waals surface area contributed by atoms with E-state index in [-0.39, 0.29) is 17.5 Å². The minimum Gasteiger partial charge on any atom is -0.451 e. The van der Waals surface area contributed by atoms with E-state index in [1.54, 1.807) is 24.3 Å². The van der Waals surface area contributed by atoms with E-state index in [1.807, 2.05) is 24.3 Å². The van der Waals surface area contributed by atoms with Crippen LogP contribution in [0, 0.1) is 5.82 Å². The molecule has 4 aromatic rings. The maximum Gasteiger partial charge on any atom is 0.293 e. The fourth-order valence-corrected chi connectivity index (χ4v) is 3.17. The van der Waals surface area contributed by atoms with Crippen LogP contribution >= 0.6 is 11.3 Å². The fourth-order valence-electron chi connectivity index (χ4n) is 2.31. The summed E-state index contributed by atoms with van der Waals surface area (Å²) in [6.07, 6.45) is 0. The fraction of sp³-hybridized carbons (Fsp3) is 0. The van der Waals surface area contributed by atoms with Gasteiger partial charge >= 0.3 is 0 Å². The first-order valence-corrected chi connectivity index (χ1v) is 8.03. The molecular formula is C18H11FN2O2S. The molecule has 24 heavy (non-hydrogen) atoms.